The summed E-state index contributed by atoms with van der Waals surface area (Å²) in [6, 6.07) is 2.94. The van der Waals surface area contributed by atoms with Gasteiger partial charge in [0.2, 0.25) is 0 Å². The van der Waals surface area contributed by atoms with Crippen molar-refractivity contribution in [1.29, 1.82) is 0 Å². The molecule has 0 aliphatic heterocycles. The summed E-state index contributed by atoms with van der Waals surface area (Å²) in [5.74, 6) is -0.896. The molecule has 16 heavy (non-hydrogen) atoms. The second-order valence-corrected chi connectivity index (χ2v) is 4.05. The monoisotopic (exact) mass is 243 g/mol. The Labute approximate surface area is 98.6 Å². The molecule has 4 N–H and O–H groups in total. The second-order valence-electron chi connectivity index (χ2n) is 3.67. The van der Waals surface area contributed by atoms with E-state index in [1.807, 2.05) is 0 Å². The van der Waals surface area contributed by atoms with E-state index in [-0.39, 0.29) is 23.6 Å². The Morgan fingerprint density at radius 2 is 2.19 bits per heavy atom. The number of hydrogen-bond donors (Lipinski definition) is 3. The first kappa shape index (κ1) is 12.8. The molecule has 0 aromatic heterocycles. The van der Waals surface area contributed by atoms with Crippen molar-refractivity contribution in [2.45, 2.75) is 25.8 Å². The lowest BCUT2D eigenvalue weighted by molar-refractivity contribution is -0.137. The third-order valence-electron chi connectivity index (χ3n) is 2.42. The van der Waals surface area contributed by atoms with E-state index in [4.69, 9.17) is 22.4 Å². The molecular weight excluding hydrogens is 230 g/mol. The number of nitrogens with two attached hydrogens (primary N) is 1. The Morgan fingerprint density at radius 1 is 1.56 bits per heavy atom. The highest BCUT2D eigenvalue weighted by Gasteiger charge is 2.15. The smallest absolute Gasteiger partial charge is 0.303 e. The third kappa shape index (κ3) is 2.87. The molecule has 0 aliphatic carbocycles. The normalized spacial score (nSPS) is 12.4. The highest BCUT2D eigenvalue weighted by atomic mass is 35.5. The minimum absolute atomic E-state index is 0.00458. The summed E-state index contributed by atoms with van der Waals surface area (Å²) >= 11 is 5.93. The van der Waals surface area contributed by atoms with Gasteiger partial charge in [-0.15, -0.1) is 0 Å². The average molecular weight is 244 g/mol. The number of carboxylic acids is 1. The second kappa shape index (κ2) is 5.18. The number of aliphatic carboxylic acids is 1. The largest absolute Gasteiger partial charge is 0.506 e. The molecule has 0 saturated carbocycles. The van der Waals surface area contributed by atoms with E-state index in [0.29, 0.717) is 11.1 Å². The zero-order chi connectivity index (χ0) is 12.3. The van der Waals surface area contributed by atoms with Crippen molar-refractivity contribution in [1.82, 2.24) is 0 Å². The summed E-state index contributed by atoms with van der Waals surface area (Å²) in [7, 11) is 0. The maximum Gasteiger partial charge on any atom is 0.303 e. The standard InChI is InChI=1S/C11H14ClNO3/c1-6-2-3-7(10(12)11(6)16)8(13)4-5-9(14)15/h2-3,8,16H,4-5,13H2,1H3,(H,14,15). The van der Waals surface area contributed by atoms with Crippen molar-refractivity contribution in [2.24, 2.45) is 5.73 Å². The molecule has 0 amide bonds. The molecule has 1 aromatic carbocycles. The summed E-state index contributed by atoms with van der Waals surface area (Å²) in [5.41, 5.74) is 7.05. The maximum atomic E-state index is 10.4. The summed E-state index contributed by atoms with van der Waals surface area (Å²) in [6.07, 6.45) is 0.268. The third-order valence-corrected chi connectivity index (χ3v) is 2.81. The minimum Gasteiger partial charge on any atom is -0.506 e. The topological polar surface area (TPSA) is 83.6 Å². The highest BCUT2D eigenvalue weighted by molar-refractivity contribution is 6.33. The number of aromatic hydroxyl groups is 1. The summed E-state index contributed by atoms with van der Waals surface area (Å²) in [6.45, 7) is 1.73. The maximum absolute atomic E-state index is 10.4. The lowest BCUT2D eigenvalue weighted by atomic mass is 10.0. The van der Waals surface area contributed by atoms with Crippen LogP contribution in [-0.4, -0.2) is 16.2 Å². The van der Waals surface area contributed by atoms with Gasteiger partial charge in [0.25, 0.3) is 0 Å². The summed E-state index contributed by atoms with van der Waals surface area (Å²) in [4.78, 5) is 10.4. The number of aryl methyl sites for hydroxylation is 1. The van der Waals surface area contributed by atoms with Crippen LogP contribution in [0.1, 0.15) is 30.0 Å². The number of hydrogen-bond acceptors (Lipinski definition) is 3. The zero-order valence-corrected chi connectivity index (χ0v) is 9.66. The van der Waals surface area contributed by atoms with Gasteiger partial charge in [-0.2, -0.15) is 0 Å². The number of phenols is 1. The van der Waals surface area contributed by atoms with Crippen LogP contribution < -0.4 is 5.73 Å². The Hall–Kier alpha value is -1.26. The molecule has 1 aromatic rings. The van der Waals surface area contributed by atoms with Crippen LogP contribution in [0.4, 0.5) is 0 Å². The predicted octanol–water partition coefficient (Wildman–Crippen LogP) is 2.22. The first-order valence-electron chi connectivity index (χ1n) is 4.88. The number of rotatable bonds is 4. The predicted molar refractivity (Wildman–Crippen MR) is 61.7 cm³/mol. The first-order valence-corrected chi connectivity index (χ1v) is 5.26. The average Bonchev–Trinajstić information content (AvgIpc) is 2.23. The molecular formula is C11H14ClNO3. The highest BCUT2D eigenvalue weighted by Crippen LogP contribution is 2.34. The molecule has 0 spiro atoms. The number of phenolic OH excluding ortho intramolecular Hbond substituents is 1. The molecule has 0 bridgehead atoms. The molecule has 4 nitrogen and oxygen atoms in total. The van der Waals surface area contributed by atoms with Crippen LogP contribution >= 0.6 is 11.6 Å². The molecule has 1 atom stereocenters. The molecule has 0 heterocycles. The van der Waals surface area contributed by atoms with E-state index in [1.54, 1.807) is 19.1 Å². The van der Waals surface area contributed by atoms with Crippen molar-refractivity contribution < 1.29 is 15.0 Å². The molecule has 0 fully saturated rings. The Bertz CT molecular complexity index is 406. The lowest BCUT2D eigenvalue weighted by Gasteiger charge is -2.14. The van der Waals surface area contributed by atoms with Gasteiger partial charge in [-0.1, -0.05) is 23.7 Å². The van der Waals surface area contributed by atoms with Gasteiger partial charge in [0.05, 0.1) is 5.02 Å². The van der Waals surface area contributed by atoms with Crippen LogP contribution in [0.3, 0.4) is 0 Å². The van der Waals surface area contributed by atoms with Crippen LogP contribution in [0.25, 0.3) is 0 Å². The molecule has 88 valence electrons. The zero-order valence-electron chi connectivity index (χ0n) is 8.90. The fraction of sp³-hybridized carbons (Fsp3) is 0.364. The fourth-order valence-electron chi connectivity index (χ4n) is 1.40. The number of carboxylic acid groups (broad SMARTS) is 1. The number of halogens is 1. The van der Waals surface area contributed by atoms with Crippen LogP contribution in [0, 0.1) is 6.92 Å². The van der Waals surface area contributed by atoms with E-state index in [2.05, 4.69) is 0 Å². The van der Waals surface area contributed by atoms with Gasteiger partial charge >= 0.3 is 5.97 Å². The van der Waals surface area contributed by atoms with E-state index in [0.717, 1.165) is 0 Å². The van der Waals surface area contributed by atoms with Gasteiger partial charge in [-0.3, -0.25) is 4.79 Å². The van der Waals surface area contributed by atoms with Gasteiger partial charge in [0, 0.05) is 12.5 Å². The van der Waals surface area contributed by atoms with Gasteiger partial charge in [-0.05, 0) is 24.5 Å². The van der Waals surface area contributed by atoms with Crippen molar-refractivity contribution in [2.75, 3.05) is 0 Å². The van der Waals surface area contributed by atoms with Crippen molar-refractivity contribution in [3.05, 3.63) is 28.3 Å². The van der Waals surface area contributed by atoms with Gasteiger partial charge in [0.1, 0.15) is 5.75 Å². The molecule has 1 rings (SSSR count). The Kier molecular flexibility index (Phi) is 4.15. The number of carbonyl (C=O) groups is 1. The minimum atomic E-state index is -0.900. The summed E-state index contributed by atoms with van der Waals surface area (Å²) in [5, 5.41) is 18.4. The SMILES string of the molecule is Cc1ccc(C(N)CCC(=O)O)c(Cl)c1O. The van der Waals surface area contributed by atoms with Gasteiger partial charge in [-0.25, -0.2) is 0 Å². The molecule has 0 saturated heterocycles. The number of benzene rings is 1. The van der Waals surface area contributed by atoms with E-state index in [1.165, 1.54) is 0 Å². The first-order chi connectivity index (χ1) is 7.43. The Balaban J connectivity index is 2.87. The molecule has 1 unspecified atom stereocenters. The Morgan fingerprint density at radius 3 is 2.75 bits per heavy atom. The van der Waals surface area contributed by atoms with Gasteiger partial charge < -0.3 is 15.9 Å². The van der Waals surface area contributed by atoms with Crippen molar-refractivity contribution in [3.8, 4) is 5.75 Å². The molecule has 5 heteroatoms. The van der Waals surface area contributed by atoms with E-state index in [9.17, 15) is 9.90 Å². The van der Waals surface area contributed by atoms with E-state index >= 15 is 0 Å². The fourth-order valence-corrected chi connectivity index (χ4v) is 1.75. The molecule has 0 aliphatic rings. The van der Waals surface area contributed by atoms with Gasteiger partial charge in [0.15, 0.2) is 0 Å². The van der Waals surface area contributed by atoms with Crippen LogP contribution in [0.15, 0.2) is 12.1 Å². The van der Waals surface area contributed by atoms with Crippen LogP contribution in [0.2, 0.25) is 5.02 Å². The quantitative estimate of drug-likeness (QED) is 0.757. The van der Waals surface area contributed by atoms with Crippen LogP contribution in [0.5, 0.6) is 5.75 Å². The van der Waals surface area contributed by atoms with E-state index < -0.39 is 12.0 Å². The summed E-state index contributed by atoms with van der Waals surface area (Å²) < 4.78 is 0. The van der Waals surface area contributed by atoms with Crippen LogP contribution in [-0.2, 0) is 4.79 Å². The van der Waals surface area contributed by atoms with Crippen molar-refractivity contribution >= 4 is 17.6 Å². The lowest BCUT2D eigenvalue weighted by Crippen LogP contribution is -2.12. The molecule has 0 radical (unpaired) electrons. The van der Waals surface area contributed by atoms with Crippen molar-refractivity contribution in [3.63, 3.8) is 0 Å².